The van der Waals surface area contributed by atoms with Crippen LogP contribution < -0.4 is 4.74 Å². The average Bonchev–Trinajstić information content (AvgIpc) is 3.37. The van der Waals surface area contributed by atoms with Gasteiger partial charge in [0.1, 0.15) is 11.4 Å². The molecule has 2 aromatic carbocycles. The zero-order valence-corrected chi connectivity index (χ0v) is 16.4. The van der Waals surface area contributed by atoms with E-state index in [9.17, 15) is 0 Å². The number of benzene rings is 2. The molecule has 0 radical (unpaired) electrons. The fraction of sp³-hybridized carbons (Fsp3) is 0.167. The van der Waals surface area contributed by atoms with Crippen molar-refractivity contribution in [2.24, 2.45) is 0 Å². The van der Waals surface area contributed by atoms with E-state index in [0.717, 1.165) is 11.3 Å². The molecule has 0 bridgehead atoms. The summed E-state index contributed by atoms with van der Waals surface area (Å²) in [6, 6.07) is 14.9. The SMILES string of the molecule is CCOc1ccccc1-n1nnnc1SCc1nc(-c2cccc(Cl)c2)no1. The first kappa shape index (κ1) is 18.5. The highest BCUT2D eigenvalue weighted by Crippen LogP contribution is 2.28. The fourth-order valence-electron chi connectivity index (χ4n) is 2.51. The highest BCUT2D eigenvalue weighted by molar-refractivity contribution is 7.98. The van der Waals surface area contributed by atoms with E-state index in [1.165, 1.54) is 11.8 Å². The number of tetrazole rings is 1. The lowest BCUT2D eigenvalue weighted by Crippen LogP contribution is -2.03. The molecule has 142 valence electrons. The summed E-state index contributed by atoms with van der Waals surface area (Å²) in [5.41, 5.74) is 1.56. The number of para-hydroxylation sites is 2. The van der Waals surface area contributed by atoms with Crippen LogP contribution >= 0.6 is 23.4 Å². The Kier molecular flexibility index (Phi) is 5.54. The maximum atomic E-state index is 6.02. The molecule has 8 nitrogen and oxygen atoms in total. The summed E-state index contributed by atoms with van der Waals surface area (Å²) in [5, 5.41) is 17.2. The zero-order valence-electron chi connectivity index (χ0n) is 14.8. The minimum Gasteiger partial charge on any atom is -0.492 e. The largest absolute Gasteiger partial charge is 0.492 e. The molecule has 0 atom stereocenters. The van der Waals surface area contributed by atoms with Gasteiger partial charge in [0.2, 0.25) is 16.9 Å². The summed E-state index contributed by atoms with van der Waals surface area (Å²) in [5.74, 6) is 2.08. The van der Waals surface area contributed by atoms with Gasteiger partial charge in [0.15, 0.2) is 0 Å². The first-order valence-corrected chi connectivity index (χ1v) is 9.83. The summed E-state index contributed by atoms with van der Waals surface area (Å²) in [4.78, 5) is 4.41. The molecule has 0 spiro atoms. The van der Waals surface area contributed by atoms with Crippen LogP contribution in [0.5, 0.6) is 5.75 Å². The van der Waals surface area contributed by atoms with E-state index in [0.29, 0.717) is 40.0 Å². The Morgan fingerprint density at radius 3 is 2.93 bits per heavy atom. The van der Waals surface area contributed by atoms with E-state index in [1.54, 1.807) is 16.8 Å². The Labute approximate surface area is 169 Å². The predicted octanol–water partition coefficient (Wildman–Crippen LogP) is 4.06. The van der Waals surface area contributed by atoms with Crippen LogP contribution in [-0.4, -0.2) is 37.0 Å². The number of nitrogens with zero attached hydrogens (tertiary/aromatic N) is 6. The molecule has 4 rings (SSSR count). The van der Waals surface area contributed by atoms with Crippen LogP contribution in [0.4, 0.5) is 0 Å². The number of rotatable bonds is 7. The van der Waals surface area contributed by atoms with Gasteiger partial charge in [-0.1, -0.05) is 52.8 Å². The maximum absolute atomic E-state index is 6.02. The van der Waals surface area contributed by atoms with Crippen molar-refractivity contribution in [1.29, 1.82) is 0 Å². The van der Waals surface area contributed by atoms with E-state index in [-0.39, 0.29) is 0 Å². The summed E-state index contributed by atoms with van der Waals surface area (Å²) >= 11 is 7.40. The van der Waals surface area contributed by atoms with E-state index in [2.05, 4.69) is 25.7 Å². The number of ether oxygens (including phenoxy) is 1. The van der Waals surface area contributed by atoms with Gasteiger partial charge >= 0.3 is 0 Å². The van der Waals surface area contributed by atoms with Crippen molar-refractivity contribution in [2.45, 2.75) is 17.8 Å². The highest BCUT2D eigenvalue weighted by atomic mass is 35.5. The number of thioether (sulfide) groups is 1. The summed E-state index contributed by atoms with van der Waals surface area (Å²) in [6.07, 6.45) is 0. The molecule has 0 aliphatic carbocycles. The second-order valence-corrected chi connectivity index (χ2v) is 6.96. The van der Waals surface area contributed by atoms with Crippen LogP contribution in [0.15, 0.2) is 58.2 Å². The normalized spacial score (nSPS) is 10.9. The molecule has 10 heteroatoms. The lowest BCUT2D eigenvalue weighted by molar-refractivity contribution is 0.337. The molecule has 0 aliphatic rings. The van der Waals surface area contributed by atoms with Crippen LogP contribution in [0.25, 0.3) is 17.1 Å². The quantitative estimate of drug-likeness (QED) is 0.418. The first-order chi connectivity index (χ1) is 13.7. The van der Waals surface area contributed by atoms with E-state index < -0.39 is 0 Å². The molecule has 2 heterocycles. The molecule has 2 aromatic heterocycles. The maximum Gasteiger partial charge on any atom is 0.237 e. The number of aromatic nitrogens is 6. The third-order valence-corrected chi connectivity index (χ3v) is 4.85. The second-order valence-electron chi connectivity index (χ2n) is 5.58. The van der Waals surface area contributed by atoms with Crippen molar-refractivity contribution >= 4 is 23.4 Å². The topological polar surface area (TPSA) is 91.8 Å². The molecule has 0 aliphatic heterocycles. The smallest absolute Gasteiger partial charge is 0.237 e. The third-order valence-electron chi connectivity index (χ3n) is 3.71. The molecule has 28 heavy (non-hydrogen) atoms. The van der Waals surface area contributed by atoms with Gasteiger partial charge in [-0.3, -0.25) is 0 Å². The Hall–Kier alpha value is -2.91. The zero-order chi connectivity index (χ0) is 19.3. The Morgan fingerprint density at radius 1 is 1.18 bits per heavy atom. The van der Waals surface area contributed by atoms with Crippen molar-refractivity contribution in [1.82, 2.24) is 30.3 Å². The summed E-state index contributed by atoms with van der Waals surface area (Å²) in [6.45, 7) is 2.48. The molecule has 4 aromatic rings. The van der Waals surface area contributed by atoms with E-state index in [1.807, 2.05) is 43.3 Å². The molecule has 0 N–H and O–H groups in total. The minimum absolute atomic E-state index is 0.421. The molecule has 0 fully saturated rings. The monoisotopic (exact) mass is 414 g/mol. The molecule has 0 amide bonds. The number of hydrogen-bond acceptors (Lipinski definition) is 8. The van der Waals surface area contributed by atoms with Crippen molar-refractivity contribution in [3.8, 4) is 22.8 Å². The lowest BCUT2D eigenvalue weighted by atomic mass is 10.2. The summed E-state index contributed by atoms with van der Waals surface area (Å²) in [7, 11) is 0. The standard InChI is InChI=1S/C18H15ClN6O2S/c1-2-26-15-9-4-3-8-14(15)25-18(21-23-24-25)28-11-16-20-17(22-27-16)12-6-5-7-13(19)10-12/h3-10H,2,11H2,1H3. The van der Waals surface area contributed by atoms with Crippen LogP contribution in [0.3, 0.4) is 0 Å². The average molecular weight is 415 g/mol. The fourth-order valence-corrected chi connectivity index (χ4v) is 3.43. The Balaban J connectivity index is 1.51. The Morgan fingerprint density at radius 2 is 2.07 bits per heavy atom. The van der Waals surface area contributed by atoms with Crippen molar-refractivity contribution in [3.05, 3.63) is 59.4 Å². The van der Waals surface area contributed by atoms with Crippen molar-refractivity contribution in [2.75, 3.05) is 6.61 Å². The Bertz CT molecular complexity index is 1080. The van der Waals surface area contributed by atoms with Crippen LogP contribution in [0.1, 0.15) is 12.8 Å². The third kappa shape index (κ3) is 4.00. The highest BCUT2D eigenvalue weighted by Gasteiger charge is 2.15. The molecular weight excluding hydrogens is 400 g/mol. The second kappa shape index (κ2) is 8.41. The molecular formula is C18H15ClN6O2S. The predicted molar refractivity (Wildman–Crippen MR) is 105 cm³/mol. The van der Waals surface area contributed by atoms with Crippen molar-refractivity contribution in [3.63, 3.8) is 0 Å². The van der Waals surface area contributed by atoms with Gasteiger partial charge in [-0.25, -0.2) is 0 Å². The minimum atomic E-state index is 0.421. The molecule has 0 unspecified atom stereocenters. The number of hydrogen-bond donors (Lipinski definition) is 0. The van der Waals surface area contributed by atoms with Gasteiger partial charge < -0.3 is 9.26 Å². The molecule has 0 saturated heterocycles. The van der Waals surface area contributed by atoms with Gasteiger partial charge in [-0.2, -0.15) is 9.67 Å². The van der Waals surface area contributed by atoms with Crippen LogP contribution in [0, 0.1) is 0 Å². The van der Waals surface area contributed by atoms with Crippen LogP contribution in [-0.2, 0) is 5.75 Å². The van der Waals surface area contributed by atoms with E-state index >= 15 is 0 Å². The van der Waals surface area contributed by atoms with Crippen LogP contribution in [0.2, 0.25) is 5.02 Å². The van der Waals surface area contributed by atoms with Gasteiger partial charge in [0.25, 0.3) is 0 Å². The summed E-state index contributed by atoms with van der Waals surface area (Å²) < 4.78 is 12.6. The van der Waals surface area contributed by atoms with Crippen molar-refractivity contribution < 1.29 is 9.26 Å². The molecule has 0 saturated carbocycles. The van der Waals surface area contributed by atoms with Gasteiger partial charge in [0, 0.05) is 10.6 Å². The van der Waals surface area contributed by atoms with Gasteiger partial charge in [-0.15, -0.1) is 5.10 Å². The van der Waals surface area contributed by atoms with Gasteiger partial charge in [-0.05, 0) is 41.6 Å². The lowest BCUT2D eigenvalue weighted by Gasteiger charge is -2.10. The van der Waals surface area contributed by atoms with Gasteiger partial charge in [0.05, 0.1) is 12.4 Å². The van der Waals surface area contributed by atoms with E-state index in [4.69, 9.17) is 20.9 Å². The number of halogens is 1. The first-order valence-electron chi connectivity index (χ1n) is 8.46.